The molecule has 0 aliphatic rings. The van der Waals surface area contributed by atoms with Gasteiger partial charge in [0, 0.05) is 0 Å². The van der Waals surface area contributed by atoms with Crippen molar-refractivity contribution in [2.45, 2.75) is 24.3 Å². The summed E-state index contributed by atoms with van der Waals surface area (Å²) in [6, 6.07) is 14.2. The smallest absolute Gasteiger partial charge is 0.242 e. The zero-order valence-electron chi connectivity index (χ0n) is 15.3. The number of amides is 1. The van der Waals surface area contributed by atoms with Gasteiger partial charge >= 0.3 is 0 Å². The van der Waals surface area contributed by atoms with E-state index in [2.05, 4.69) is 10.0 Å². The van der Waals surface area contributed by atoms with Crippen LogP contribution in [0.1, 0.15) is 13.3 Å². The summed E-state index contributed by atoms with van der Waals surface area (Å²) in [4.78, 5) is 12.9. The van der Waals surface area contributed by atoms with Crippen molar-refractivity contribution in [2.75, 3.05) is 23.9 Å². The topological polar surface area (TPSA) is 84.5 Å². The molecule has 2 rings (SSSR count). The van der Waals surface area contributed by atoms with E-state index in [1.165, 1.54) is 12.1 Å². The van der Waals surface area contributed by atoms with Gasteiger partial charge in [0.05, 0.1) is 17.2 Å². The summed E-state index contributed by atoms with van der Waals surface area (Å²) in [6.07, 6.45) is 2.28. The maximum absolute atomic E-state index is 12.8. The van der Waals surface area contributed by atoms with E-state index in [1.807, 2.05) is 19.2 Å². The molecule has 2 aromatic carbocycles. The highest BCUT2D eigenvalue weighted by molar-refractivity contribution is 7.98. The van der Waals surface area contributed by atoms with E-state index >= 15 is 0 Å². The Morgan fingerprint density at radius 1 is 1.11 bits per heavy atom. The van der Waals surface area contributed by atoms with Crippen LogP contribution in [0.25, 0.3) is 0 Å². The van der Waals surface area contributed by atoms with Crippen molar-refractivity contribution in [1.29, 1.82) is 0 Å². The maximum atomic E-state index is 12.8. The Bertz CT molecular complexity index is 842. The number of ether oxygens (including phenoxy) is 1. The fraction of sp³-hybridized carbons (Fsp3) is 0.316. The van der Waals surface area contributed by atoms with E-state index in [0.29, 0.717) is 30.2 Å². The summed E-state index contributed by atoms with van der Waals surface area (Å²) in [5.41, 5.74) is 0.511. The molecular weight excluding hydrogens is 384 g/mol. The molecule has 0 heterocycles. The minimum Gasteiger partial charge on any atom is -0.492 e. The predicted octanol–water partition coefficient (Wildman–Crippen LogP) is 3.12. The number of hydrogen-bond acceptors (Lipinski definition) is 5. The lowest BCUT2D eigenvalue weighted by atomic mass is 10.2. The third-order valence-electron chi connectivity index (χ3n) is 3.72. The third kappa shape index (κ3) is 6.27. The average molecular weight is 409 g/mol. The Morgan fingerprint density at radius 3 is 2.44 bits per heavy atom. The van der Waals surface area contributed by atoms with Crippen molar-refractivity contribution in [1.82, 2.24) is 4.72 Å². The summed E-state index contributed by atoms with van der Waals surface area (Å²) in [5.74, 6) is 0.765. The molecule has 0 aromatic heterocycles. The van der Waals surface area contributed by atoms with Gasteiger partial charge in [0.15, 0.2) is 0 Å². The summed E-state index contributed by atoms with van der Waals surface area (Å²) < 4.78 is 33.3. The highest BCUT2D eigenvalue weighted by Gasteiger charge is 2.26. The van der Waals surface area contributed by atoms with Gasteiger partial charge in [-0.3, -0.25) is 4.79 Å². The fourth-order valence-electron chi connectivity index (χ4n) is 2.41. The molecule has 0 saturated heterocycles. The molecule has 0 spiro atoms. The monoisotopic (exact) mass is 408 g/mol. The standard InChI is InChI=1S/C19H24N2O4S2/c1-3-25-18-12-8-7-11-16(18)20-19(22)17(13-14-26-2)21-27(23,24)15-9-5-4-6-10-15/h4-12,17,21H,3,13-14H2,1-2H3,(H,20,22)/t17-/m0/s1. The Labute approximate surface area is 164 Å². The first-order chi connectivity index (χ1) is 13.0. The van der Waals surface area contributed by atoms with Crippen LogP contribution in [0.3, 0.4) is 0 Å². The van der Waals surface area contributed by atoms with Crippen molar-refractivity contribution in [3.8, 4) is 5.75 Å². The van der Waals surface area contributed by atoms with Crippen LogP contribution in [0, 0.1) is 0 Å². The summed E-state index contributed by atoms with van der Waals surface area (Å²) in [7, 11) is -3.80. The van der Waals surface area contributed by atoms with Crippen molar-refractivity contribution in [2.24, 2.45) is 0 Å². The number of para-hydroxylation sites is 2. The first-order valence-corrected chi connectivity index (χ1v) is 11.4. The summed E-state index contributed by atoms with van der Waals surface area (Å²) in [5, 5.41) is 2.78. The van der Waals surface area contributed by atoms with Gasteiger partial charge in [0.1, 0.15) is 11.8 Å². The minimum atomic E-state index is -3.80. The molecule has 0 radical (unpaired) electrons. The quantitative estimate of drug-likeness (QED) is 0.631. The normalized spacial score (nSPS) is 12.4. The van der Waals surface area contributed by atoms with Gasteiger partial charge in [-0.1, -0.05) is 30.3 Å². The molecular formula is C19H24N2O4S2. The molecule has 27 heavy (non-hydrogen) atoms. The number of hydrogen-bond donors (Lipinski definition) is 2. The van der Waals surface area contributed by atoms with Gasteiger partial charge in [-0.15, -0.1) is 0 Å². The van der Waals surface area contributed by atoms with Crippen LogP contribution >= 0.6 is 11.8 Å². The molecule has 0 bridgehead atoms. The Kier molecular flexibility index (Phi) is 8.15. The molecule has 1 amide bonds. The maximum Gasteiger partial charge on any atom is 0.242 e. The van der Waals surface area contributed by atoms with Crippen molar-refractivity contribution < 1.29 is 17.9 Å². The van der Waals surface area contributed by atoms with E-state index < -0.39 is 22.0 Å². The number of rotatable bonds is 10. The third-order valence-corrected chi connectivity index (χ3v) is 5.85. The van der Waals surface area contributed by atoms with Crippen LogP contribution in [0.4, 0.5) is 5.69 Å². The predicted molar refractivity (Wildman–Crippen MR) is 110 cm³/mol. The molecule has 0 unspecified atom stereocenters. The van der Waals surface area contributed by atoms with Crippen LogP contribution < -0.4 is 14.8 Å². The van der Waals surface area contributed by atoms with Crippen LogP contribution in [0.2, 0.25) is 0 Å². The summed E-state index contributed by atoms with van der Waals surface area (Å²) >= 11 is 1.55. The fourth-order valence-corrected chi connectivity index (χ4v) is 4.13. The highest BCUT2D eigenvalue weighted by atomic mass is 32.2. The first-order valence-electron chi connectivity index (χ1n) is 8.57. The zero-order chi connectivity index (χ0) is 19.7. The van der Waals surface area contributed by atoms with Crippen LogP contribution in [-0.2, 0) is 14.8 Å². The molecule has 2 aromatic rings. The van der Waals surface area contributed by atoms with E-state index in [9.17, 15) is 13.2 Å². The van der Waals surface area contributed by atoms with E-state index in [0.717, 1.165) is 0 Å². The lowest BCUT2D eigenvalue weighted by molar-refractivity contribution is -0.117. The molecule has 2 N–H and O–H groups in total. The number of carbonyl (C=O) groups excluding carboxylic acids is 1. The second kappa shape index (κ2) is 10.3. The average Bonchev–Trinajstić information content (AvgIpc) is 2.67. The zero-order valence-corrected chi connectivity index (χ0v) is 17.0. The molecule has 0 fully saturated rings. The molecule has 0 aliphatic heterocycles. The largest absolute Gasteiger partial charge is 0.492 e. The Balaban J connectivity index is 2.19. The molecule has 0 aliphatic carbocycles. The van der Waals surface area contributed by atoms with Gasteiger partial charge in [-0.05, 0) is 49.6 Å². The Morgan fingerprint density at radius 2 is 1.78 bits per heavy atom. The van der Waals surface area contributed by atoms with Crippen molar-refractivity contribution >= 4 is 33.4 Å². The number of carbonyl (C=O) groups is 1. The van der Waals surface area contributed by atoms with Gasteiger partial charge in [0.2, 0.25) is 15.9 Å². The summed E-state index contributed by atoms with van der Waals surface area (Å²) in [6.45, 7) is 2.32. The van der Waals surface area contributed by atoms with Gasteiger partial charge in [-0.25, -0.2) is 8.42 Å². The van der Waals surface area contributed by atoms with Gasteiger partial charge in [0.25, 0.3) is 0 Å². The van der Waals surface area contributed by atoms with Gasteiger partial charge in [-0.2, -0.15) is 16.5 Å². The van der Waals surface area contributed by atoms with Crippen LogP contribution in [0.5, 0.6) is 5.75 Å². The second-order valence-electron chi connectivity index (χ2n) is 5.69. The molecule has 146 valence electrons. The first kappa shape index (κ1) is 21.3. The number of anilines is 1. The highest BCUT2D eigenvalue weighted by Crippen LogP contribution is 2.24. The van der Waals surface area contributed by atoms with Crippen molar-refractivity contribution in [3.63, 3.8) is 0 Å². The molecule has 1 atom stereocenters. The van der Waals surface area contributed by atoms with Crippen LogP contribution in [0.15, 0.2) is 59.5 Å². The van der Waals surface area contributed by atoms with E-state index in [4.69, 9.17) is 4.74 Å². The lowest BCUT2D eigenvalue weighted by Crippen LogP contribution is -2.44. The second-order valence-corrected chi connectivity index (χ2v) is 8.39. The van der Waals surface area contributed by atoms with Crippen molar-refractivity contribution in [3.05, 3.63) is 54.6 Å². The van der Waals surface area contributed by atoms with E-state index in [1.54, 1.807) is 48.2 Å². The number of sulfonamides is 1. The molecule has 0 saturated carbocycles. The number of benzene rings is 2. The van der Waals surface area contributed by atoms with Crippen LogP contribution in [-0.4, -0.2) is 39.0 Å². The minimum absolute atomic E-state index is 0.127. The van der Waals surface area contributed by atoms with Gasteiger partial charge < -0.3 is 10.1 Å². The SMILES string of the molecule is CCOc1ccccc1NC(=O)[C@H](CCSC)NS(=O)(=O)c1ccccc1. The number of thioether (sulfide) groups is 1. The Hall–Kier alpha value is -2.03. The van der Waals surface area contributed by atoms with E-state index in [-0.39, 0.29) is 4.90 Å². The molecule has 6 nitrogen and oxygen atoms in total. The molecule has 8 heteroatoms. The lowest BCUT2D eigenvalue weighted by Gasteiger charge is -2.19. The number of nitrogens with one attached hydrogen (secondary N) is 2.